The van der Waals surface area contributed by atoms with Crippen molar-refractivity contribution in [3.8, 4) is 11.5 Å². The van der Waals surface area contributed by atoms with Gasteiger partial charge in [0, 0.05) is 11.9 Å². The Morgan fingerprint density at radius 1 is 1.50 bits per heavy atom. The van der Waals surface area contributed by atoms with E-state index in [0.717, 1.165) is 5.01 Å². The number of hydrogen-bond acceptors (Lipinski definition) is 6. The van der Waals surface area contributed by atoms with E-state index in [1.165, 1.54) is 22.5 Å². The number of aliphatic carboxylic acids is 1. The molecule has 1 aliphatic rings. The maximum Gasteiger partial charge on any atom is 0.334 e. The van der Waals surface area contributed by atoms with Crippen molar-refractivity contribution in [2.24, 2.45) is 0 Å². The Labute approximate surface area is 130 Å². The normalized spacial score (nSPS) is 18.4. The van der Waals surface area contributed by atoms with E-state index in [1.807, 2.05) is 12.3 Å². The topological polar surface area (TPSA) is 92.9 Å². The van der Waals surface area contributed by atoms with Gasteiger partial charge in [-0.25, -0.2) is 9.78 Å². The lowest BCUT2D eigenvalue weighted by Gasteiger charge is -2.30. The van der Waals surface area contributed by atoms with Crippen molar-refractivity contribution in [3.05, 3.63) is 28.3 Å². The van der Waals surface area contributed by atoms with Crippen LogP contribution in [0.3, 0.4) is 0 Å². The first-order valence-corrected chi connectivity index (χ1v) is 7.57. The van der Waals surface area contributed by atoms with E-state index in [2.05, 4.69) is 4.98 Å². The van der Waals surface area contributed by atoms with Gasteiger partial charge in [-0.15, -0.1) is 11.3 Å². The lowest BCUT2D eigenvalue weighted by molar-refractivity contribution is -0.154. The van der Waals surface area contributed by atoms with Gasteiger partial charge >= 0.3 is 5.97 Å². The molecule has 3 heterocycles. The first kappa shape index (κ1) is 14.7. The average molecular weight is 322 g/mol. The van der Waals surface area contributed by atoms with E-state index in [4.69, 9.17) is 14.3 Å². The molecular weight excluding hydrogens is 308 g/mol. The number of carbonyl (C=O) groups excluding carboxylic acids is 1. The minimum atomic E-state index is -1.07. The van der Waals surface area contributed by atoms with Crippen molar-refractivity contribution in [1.29, 1.82) is 0 Å². The fourth-order valence-corrected chi connectivity index (χ4v) is 2.83. The minimum Gasteiger partial charge on any atom is -0.479 e. The summed E-state index contributed by atoms with van der Waals surface area (Å²) in [5.74, 6) is -0.810. The van der Waals surface area contributed by atoms with Gasteiger partial charge in [-0.2, -0.15) is 0 Å². The van der Waals surface area contributed by atoms with E-state index >= 15 is 0 Å². The first-order chi connectivity index (χ1) is 10.5. The summed E-state index contributed by atoms with van der Waals surface area (Å²) in [6.45, 7) is 2.49. The van der Waals surface area contributed by atoms with E-state index in [1.54, 1.807) is 6.07 Å². The molecule has 1 saturated heterocycles. The number of rotatable bonds is 3. The predicted molar refractivity (Wildman–Crippen MR) is 77.8 cm³/mol. The number of amides is 1. The third-order valence-electron chi connectivity index (χ3n) is 3.35. The Kier molecular flexibility index (Phi) is 3.95. The monoisotopic (exact) mass is 322 g/mol. The largest absolute Gasteiger partial charge is 0.479 e. The van der Waals surface area contributed by atoms with Gasteiger partial charge in [0.1, 0.15) is 12.0 Å². The number of morpholine rings is 1. The summed E-state index contributed by atoms with van der Waals surface area (Å²) in [6.07, 6.45) is 0.391. The number of nitrogens with zero attached hydrogens (tertiary/aromatic N) is 2. The number of furan rings is 1. The second-order valence-electron chi connectivity index (χ2n) is 4.90. The van der Waals surface area contributed by atoms with Crippen LogP contribution in [-0.2, 0) is 9.53 Å². The zero-order valence-corrected chi connectivity index (χ0v) is 12.6. The summed E-state index contributed by atoms with van der Waals surface area (Å²) in [7, 11) is 0. The van der Waals surface area contributed by atoms with Crippen LogP contribution in [0.1, 0.15) is 15.4 Å². The van der Waals surface area contributed by atoms with Gasteiger partial charge in [-0.3, -0.25) is 4.79 Å². The number of carboxylic acid groups (broad SMARTS) is 1. The predicted octanol–water partition coefficient (Wildman–Crippen LogP) is 1.64. The third-order valence-corrected chi connectivity index (χ3v) is 4.12. The molecule has 0 radical (unpaired) electrons. The van der Waals surface area contributed by atoms with Crippen LogP contribution in [-0.4, -0.2) is 52.7 Å². The molecule has 0 saturated carbocycles. The van der Waals surface area contributed by atoms with Crippen LogP contribution in [0.4, 0.5) is 0 Å². The first-order valence-electron chi connectivity index (χ1n) is 6.69. The Bertz CT molecular complexity index is 708. The molecule has 0 aromatic carbocycles. The SMILES string of the molecule is Cc1nc(-c2cc(C(=O)N3CCO[C@H](C(=O)O)C3)co2)cs1. The number of aryl methyl sites for hydroxylation is 1. The van der Waals surface area contributed by atoms with Crippen molar-refractivity contribution >= 4 is 23.2 Å². The van der Waals surface area contributed by atoms with Gasteiger partial charge in [-0.05, 0) is 13.0 Å². The van der Waals surface area contributed by atoms with Gasteiger partial charge in [0.2, 0.25) is 0 Å². The molecule has 1 fully saturated rings. The highest BCUT2D eigenvalue weighted by Gasteiger charge is 2.30. The Balaban J connectivity index is 1.75. The molecule has 1 N–H and O–H groups in total. The molecule has 1 aliphatic heterocycles. The number of thiazole rings is 1. The quantitative estimate of drug-likeness (QED) is 0.923. The lowest BCUT2D eigenvalue weighted by atomic mass is 10.2. The Morgan fingerprint density at radius 2 is 2.32 bits per heavy atom. The molecule has 2 aromatic heterocycles. The molecule has 1 amide bonds. The van der Waals surface area contributed by atoms with Gasteiger partial charge in [0.15, 0.2) is 11.9 Å². The molecule has 7 nitrogen and oxygen atoms in total. The van der Waals surface area contributed by atoms with Crippen molar-refractivity contribution in [2.45, 2.75) is 13.0 Å². The summed E-state index contributed by atoms with van der Waals surface area (Å²) in [5, 5.41) is 11.7. The van der Waals surface area contributed by atoms with E-state index in [-0.39, 0.29) is 19.1 Å². The van der Waals surface area contributed by atoms with Crippen molar-refractivity contribution in [2.75, 3.05) is 19.7 Å². The number of carbonyl (C=O) groups is 2. The maximum atomic E-state index is 12.4. The van der Waals surface area contributed by atoms with E-state index in [9.17, 15) is 9.59 Å². The minimum absolute atomic E-state index is 0.0322. The molecule has 22 heavy (non-hydrogen) atoms. The van der Waals surface area contributed by atoms with Crippen LogP contribution >= 0.6 is 11.3 Å². The molecule has 2 aromatic rings. The van der Waals surface area contributed by atoms with Crippen LogP contribution < -0.4 is 0 Å². The fourth-order valence-electron chi connectivity index (χ4n) is 2.23. The van der Waals surface area contributed by atoms with Gasteiger partial charge < -0.3 is 19.2 Å². The molecule has 8 heteroatoms. The molecule has 3 rings (SSSR count). The highest BCUT2D eigenvalue weighted by molar-refractivity contribution is 7.09. The van der Waals surface area contributed by atoms with Crippen LogP contribution in [0.5, 0.6) is 0 Å². The molecule has 0 spiro atoms. The molecular formula is C14H14N2O5S. The van der Waals surface area contributed by atoms with Gasteiger partial charge in [0.05, 0.1) is 23.7 Å². The zero-order chi connectivity index (χ0) is 15.7. The average Bonchev–Trinajstić information content (AvgIpc) is 3.15. The fraction of sp³-hybridized carbons (Fsp3) is 0.357. The number of ether oxygens (including phenoxy) is 1. The smallest absolute Gasteiger partial charge is 0.334 e. The van der Waals surface area contributed by atoms with E-state index in [0.29, 0.717) is 23.6 Å². The van der Waals surface area contributed by atoms with Crippen LogP contribution in [0.2, 0.25) is 0 Å². The molecule has 0 unspecified atom stereocenters. The highest BCUT2D eigenvalue weighted by Crippen LogP contribution is 2.24. The summed E-state index contributed by atoms with van der Waals surface area (Å²) < 4.78 is 10.5. The summed E-state index contributed by atoms with van der Waals surface area (Å²) in [6, 6.07) is 1.63. The lowest BCUT2D eigenvalue weighted by Crippen LogP contribution is -2.48. The second-order valence-corrected chi connectivity index (χ2v) is 5.96. The second kappa shape index (κ2) is 5.90. The Morgan fingerprint density at radius 3 is 3.00 bits per heavy atom. The van der Waals surface area contributed by atoms with E-state index < -0.39 is 12.1 Å². The number of hydrogen-bond donors (Lipinski definition) is 1. The maximum absolute atomic E-state index is 12.4. The summed E-state index contributed by atoms with van der Waals surface area (Å²) in [5.41, 5.74) is 1.07. The van der Waals surface area contributed by atoms with Crippen molar-refractivity contribution in [3.63, 3.8) is 0 Å². The highest BCUT2D eigenvalue weighted by atomic mass is 32.1. The summed E-state index contributed by atoms with van der Waals surface area (Å²) in [4.78, 5) is 29.1. The van der Waals surface area contributed by atoms with Gasteiger partial charge in [0.25, 0.3) is 5.91 Å². The molecule has 1 atom stereocenters. The molecule has 0 aliphatic carbocycles. The van der Waals surface area contributed by atoms with Crippen molar-refractivity contribution in [1.82, 2.24) is 9.88 Å². The van der Waals surface area contributed by atoms with Crippen LogP contribution in [0.25, 0.3) is 11.5 Å². The number of carboxylic acids is 1. The van der Waals surface area contributed by atoms with Crippen LogP contribution in [0, 0.1) is 6.92 Å². The third kappa shape index (κ3) is 2.88. The molecule has 116 valence electrons. The van der Waals surface area contributed by atoms with Crippen molar-refractivity contribution < 1.29 is 23.8 Å². The standard InChI is InChI=1S/C14H14N2O5S/c1-8-15-10(7-22-8)11-4-9(6-21-11)13(17)16-2-3-20-12(5-16)14(18)19/h4,6-7,12H,2-3,5H2,1H3,(H,18,19)/t12-/m0/s1. The zero-order valence-electron chi connectivity index (χ0n) is 11.8. The van der Waals surface area contributed by atoms with Gasteiger partial charge in [-0.1, -0.05) is 0 Å². The summed E-state index contributed by atoms with van der Waals surface area (Å²) >= 11 is 1.50. The Hall–Kier alpha value is -2.19. The molecule has 0 bridgehead atoms. The van der Waals surface area contributed by atoms with Crippen LogP contribution in [0.15, 0.2) is 22.1 Å². The number of aromatic nitrogens is 1.